The fourth-order valence-electron chi connectivity index (χ4n) is 1.58. The number of carboxylic acid groups (broad SMARTS) is 1. The molecule has 5 heteroatoms. The van der Waals surface area contributed by atoms with Gasteiger partial charge in [-0.15, -0.1) is 0 Å². The van der Waals surface area contributed by atoms with Gasteiger partial charge < -0.3 is 9.94 Å². The Morgan fingerprint density at radius 3 is 2.82 bits per heavy atom. The van der Waals surface area contributed by atoms with Gasteiger partial charge in [-0.05, 0) is 25.5 Å². The van der Waals surface area contributed by atoms with Gasteiger partial charge >= 0.3 is 5.97 Å². The smallest absolute Gasteiger partial charge is 0.351 e. The lowest BCUT2D eigenvalue weighted by atomic mass is 9.96. The van der Waals surface area contributed by atoms with Crippen molar-refractivity contribution in [1.29, 1.82) is 0 Å². The first-order valence-corrected chi connectivity index (χ1v) is 5.55. The average Bonchev–Trinajstić information content (AvgIpc) is 2.67. The predicted octanol–water partition coefficient (Wildman–Crippen LogP) is 2.62. The molecule has 1 heterocycles. The molecule has 90 valence electrons. The lowest BCUT2D eigenvalue weighted by Gasteiger charge is -2.14. The molecule has 4 nitrogen and oxygen atoms in total. The lowest BCUT2D eigenvalue weighted by Crippen LogP contribution is -2.35. The molecule has 0 spiro atoms. The number of hydrogen-bond donors (Lipinski definition) is 1. The van der Waals surface area contributed by atoms with Gasteiger partial charge in [0.25, 0.3) is 0 Å². The minimum Gasteiger partial charge on any atom is -0.478 e. The molecule has 1 unspecified atom stereocenters. The van der Waals surface area contributed by atoms with Crippen molar-refractivity contribution >= 4 is 23.3 Å². The van der Waals surface area contributed by atoms with E-state index in [4.69, 9.17) is 21.5 Å². The molecule has 0 saturated carbocycles. The highest BCUT2D eigenvalue weighted by atomic mass is 35.5. The van der Waals surface area contributed by atoms with Crippen molar-refractivity contribution in [2.45, 2.75) is 25.9 Å². The third-order valence-corrected chi connectivity index (χ3v) is 3.23. The van der Waals surface area contributed by atoms with E-state index in [-0.39, 0.29) is 6.42 Å². The summed E-state index contributed by atoms with van der Waals surface area (Å²) >= 11 is 6.01. The summed E-state index contributed by atoms with van der Waals surface area (Å²) in [4.78, 5) is 16.0. The SMILES string of the molecule is Cc1ccc(C2=NOC(C)(C(=O)O)C2)cc1Cl. The van der Waals surface area contributed by atoms with E-state index in [2.05, 4.69) is 5.16 Å². The number of aliphatic carboxylic acids is 1. The number of hydrogen-bond acceptors (Lipinski definition) is 3. The van der Waals surface area contributed by atoms with Gasteiger partial charge in [0, 0.05) is 17.0 Å². The molecule has 1 aromatic carbocycles. The van der Waals surface area contributed by atoms with Crippen molar-refractivity contribution < 1.29 is 14.7 Å². The summed E-state index contributed by atoms with van der Waals surface area (Å²) in [5, 5.41) is 13.5. The predicted molar refractivity (Wildman–Crippen MR) is 64.5 cm³/mol. The molecule has 0 bridgehead atoms. The van der Waals surface area contributed by atoms with E-state index < -0.39 is 11.6 Å². The van der Waals surface area contributed by atoms with E-state index in [1.54, 1.807) is 6.07 Å². The molecule has 1 atom stereocenters. The van der Waals surface area contributed by atoms with E-state index in [1.807, 2.05) is 19.1 Å². The third-order valence-electron chi connectivity index (χ3n) is 2.82. The Labute approximate surface area is 104 Å². The highest BCUT2D eigenvalue weighted by molar-refractivity contribution is 6.31. The number of nitrogens with zero attached hydrogens (tertiary/aromatic N) is 1. The molecule has 0 aromatic heterocycles. The van der Waals surface area contributed by atoms with Gasteiger partial charge in [-0.3, -0.25) is 0 Å². The topological polar surface area (TPSA) is 58.9 Å². The third kappa shape index (κ3) is 2.13. The van der Waals surface area contributed by atoms with Crippen LogP contribution in [0.1, 0.15) is 24.5 Å². The van der Waals surface area contributed by atoms with Crippen LogP contribution in [-0.4, -0.2) is 22.4 Å². The molecule has 0 fully saturated rings. The molecule has 0 amide bonds. The number of carboxylic acids is 1. The number of halogens is 1. The van der Waals surface area contributed by atoms with Gasteiger partial charge in [0.05, 0.1) is 5.71 Å². The van der Waals surface area contributed by atoms with Crippen LogP contribution < -0.4 is 0 Å². The van der Waals surface area contributed by atoms with Gasteiger partial charge in [0.1, 0.15) is 0 Å². The molecule has 1 N–H and O–H groups in total. The Bertz CT molecular complexity index is 512. The maximum Gasteiger partial charge on any atom is 0.351 e. The molecular formula is C12H12ClNO3. The number of oxime groups is 1. The molecule has 2 rings (SSSR count). The lowest BCUT2D eigenvalue weighted by molar-refractivity contribution is -0.160. The average molecular weight is 254 g/mol. The van der Waals surface area contributed by atoms with E-state index in [0.29, 0.717) is 10.7 Å². The van der Waals surface area contributed by atoms with Crippen molar-refractivity contribution in [1.82, 2.24) is 0 Å². The van der Waals surface area contributed by atoms with E-state index >= 15 is 0 Å². The number of carbonyl (C=O) groups is 1. The van der Waals surface area contributed by atoms with Gasteiger partial charge in [-0.2, -0.15) is 0 Å². The molecule has 1 aromatic rings. The van der Waals surface area contributed by atoms with Crippen molar-refractivity contribution in [3.63, 3.8) is 0 Å². The number of aryl methyl sites for hydroxylation is 1. The quantitative estimate of drug-likeness (QED) is 0.881. The zero-order valence-electron chi connectivity index (χ0n) is 9.53. The van der Waals surface area contributed by atoms with E-state index in [0.717, 1.165) is 11.1 Å². The van der Waals surface area contributed by atoms with Crippen LogP contribution in [0.3, 0.4) is 0 Å². The highest BCUT2D eigenvalue weighted by Gasteiger charge is 2.42. The number of benzene rings is 1. The van der Waals surface area contributed by atoms with Crippen LogP contribution in [0, 0.1) is 6.92 Å². The summed E-state index contributed by atoms with van der Waals surface area (Å²) in [7, 11) is 0. The summed E-state index contributed by atoms with van der Waals surface area (Å²) in [5.74, 6) is -1.02. The van der Waals surface area contributed by atoms with Crippen LogP contribution in [0.15, 0.2) is 23.4 Å². The monoisotopic (exact) mass is 253 g/mol. The molecule has 17 heavy (non-hydrogen) atoms. The minimum atomic E-state index is -1.27. The van der Waals surface area contributed by atoms with Crippen LogP contribution in [0.4, 0.5) is 0 Å². The van der Waals surface area contributed by atoms with Crippen molar-refractivity contribution in [2.75, 3.05) is 0 Å². The van der Waals surface area contributed by atoms with Gasteiger partial charge in [-0.1, -0.05) is 28.9 Å². The number of rotatable bonds is 2. The zero-order chi connectivity index (χ0) is 12.6. The first-order chi connectivity index (χ1) is 7.92. The summed E-state index contributed by atoms with van der Waals surface area (Å²) in [6.45, 7) is 3.40. The Morgan fingerprint density at radius 1 is 1.59 bits per heavy atom. The maximum absolute atomic E-state index is 11.0. The Kier molecular flexibility index (Phi) is 2.83. The van der Waals surface area contributed by atoms with Crippen LogP contribution in [0.25, 0.3) is 0 Å². The van der Waals surface area contributed by atoms with Gasteiger partial charge in [0.2, 0.25) is 5.60 Å². The standard InChI is InChI=1S/C12H12ClNO3/c1-7-3-4-8(5-9(7)13)10-6-12(2,11(15)16)17-14-10/h3-5H,6H2,1-2H3,(H,15,16). The summed E-state index contributed by atoms with van der Waals surface area (Å²) in [5.41, 5.74) is 1.10. The summed E-state index contributed by atoms with van der Waals surface area (Å²) in [6.07, 6.45) is 0.238. The van der Waals surface area contributed by atoms with E-state index in [9.17, 15) is 4.79 Å². The second-order valence-electron chi connectivity index (χ2n) is 4.31. The first kappa shape index (κ1) is 11.9. The van der Waals surface area contributed by atoms with Crippen LogP contribution >= 0.6 is 11.6 Å². The van der Waals surface area contributed by atoms with Crippen molar-refractivity contribution in [3.8, 4) is 0 Å². The van der Waals surface area contributed by atoms with Gasteiger partial charge in [-0.25, -0.2) is 4.79 Å². The molecule has 1 aliphatic heterocycles. The van der Waals surface area contributed by atoms with Crippen molar-refractivity contribution in [2.24, 2.45) is 5.16 Å². The van der Waals surface area contributed by atoms with Gasteiger partial charge in [0.15, 0.2) is 0 Å². The second-order valence-corrected chi connectivity index (χ2v) is 4.71. The fraction of sp³-hybridized carbons (Fsp3) is 0.333. The van der Waals surface area contributed by atoms with Crippen LogP contribution in [-0.2, 0) is 9.63 Å². The molecule has 1 aliphatic rings. The highest BCUT2D eigenvalue weighted by Crippen LogP contribution is 2.28. The molecule has 0 saturated heterocycles. The van der Waals surface area contributed by atoms with E-state index in [1.165, 1.54) is 6.92 Å². The largest absolute Gasteiger partial charge is 0.478 e. The minimum absolute atomic E-state index is 0.238. The fourth-order valence-corrected chi connectivity index (χ4v) is 1.76. The maximum atomic E-state index is 11.0. The Morgan fingerprint density at radius 2 is 2.29 bits per heavy atom. The summed E-state index contributed by atoms with van der Waals surface area (Å²) in [6, 6.07) is 5.50. The normalized spacial score (nSPS) is 23.1. The van der Waals surface area contributed by atoms with Crippen LogP contribution in [0.5, 0.6) is 0 Å². The summed E-state index contributed by atoms with van der Waals surface area (Å²) < 4.78 is 0. The zero-order valence-corrected chi connectivity index (χ0v) is 10.3. The molecular weight excluding hydrogens is 242 g/mol. The molecule has 0 radical (unpaired) electrons. The van der Waals surface area contributed by atoms with Crippen molar-refractivity contribution in [3.05, 3.63) is 34.3 Å². The first-order valence-electron chi connectivity index (χ1n) is 5.17. The second kappa shape index (κ2) is 4.04. The Balaban J connectivity index is 2.26. The molecule has 0 aliphatic carbocycles. The van der Waals surface area contributed by atoms with Crippen LogP contribution in [0.2, 0.25) is 5.02 Å². The Hall–Kier alpha value is -1.55.